The molecule has 1 unspecified atom stereocenters. The van der Waals surface area contributed by atoms with E-state index >= 15 is 0 Å². The van der Waals surface area contributed by atoms with Crippen molar-refractivity contribution in [2.45, 2.75) is 65.5 Å². The molecule has 0 spiro atoms. The number of hydrogen-bond donors (Lipinski definition) is 2. The van der Waals surface area contributed by atoms with Crippen LogP contribution in [-0.4, -0.2) is 33.8 Å². The summed E-state index contributed by atoms with van der Waals surface area (Å²) in [6.45, 7) is 11.8. The van der Waals surface area contributed by atoms with Crippen molar-refractivity contribution in [3.05, 3.63) is 53.2 Å². The van der Waals surface area contributed by atoms with Crippen molar-refractivity contribution in [3.8, 4) is 10.4 Å². The molecule has 1 saturated carbocycles. The van der Waals surface area contributed by atoms with Crippen LogP contribution in [0.3, 0.4) is 0 Å². The molecule has 1 heterocycles. The number of nitrogens with zero attached hydrogens (tertiary/aromatic N) is 1. The third-order valence-electron chi connectivity index (χ3n) is 6.48. The number of benzene rings is 1. The molecule has 5 nitrogen and oxygen atoms in total. The Bertz CT molecular complexity index is 987. The van der Waals surface area contributed by atoms with Gasteiger partial charge in [0, 0.05) is 18.8 Å². The van der Waals surface area contributed by atoms with Crippen LogP contribution in [0.4, 0.5) is 0 Å². The summed E-state index contributed by atoms with van der Waals surface area (Å²) in [6.07, 6.45) is 0.944. The maximum Gasteiger partial charge on any atom is 0.162 e. The lowest BCUT2D eigenvalue weighted by Crippen LogP contribution is -2.43. The van der Waals surface area contributed by atoms with Gasteiger partial charge >= 0.3 is 0 Å². The molecule has 0 radical (unpaired) electrons. The van der Waals surface area contributed by atoms with Crippen LogP contribution in [-0.2, 0) is 16.0 Å². The Morgan fingerprint density at radius 2 is 1.91 bits per heavy atom. The number of hydrogen-bond acceptors (Lipinski definition) is 6. The van der Waals surface area contributed by atoms with E-state index in [2.05, 4.69) is 11.6 Å². The molecule has 3 rings (SSSR count). The van der Waals surface area contributed by atoms with Crippen LogP contribution in [0.5, 0.6) is 0 Å². The lowest BCUT2D eigenvalue weighted by molar-refractivity contribution is -0.125. The van der Waals surface area contributed by atoms with Crippen LogP contribution in [0.1, 0.15) is 51.3 Å². The minimum absolute atomic E-state index is 0.0473. The second-order valence-corrected chi connectivity index (χ2v) is 11.0. The van der Waals surface area contributed by atoms with Crippen LogP contribution in [0.15, 0.2) is 41.9 Å². The Kier molecular flexibility index (Phi) is 7.48. The molecule has 4 atom stereocenters. The predicted molar refractivity (Wildman–Crippen MR) is 129 cm³/mol. The van der Waals surface area contributed by atoms with Gasteiger partial charge in [-0.2, -0.15) is 0 Å². The van der Waals surface area contributed by atoms with E-state index in [-0.39, 0.29) is 35.2 Å². The molecule has 0 aliphatic heterocycles. The van der Waals surface area contributed by atoms with Gasteiger partial charge in [-0.15, -0.1) is 11.3 Å². The van der Waals surface area contributed by atoms with Gasteiger partial charge in [-0.1, -0.05) is 51.6 Å². The third kappa shape index (κ3) is 5.61. The number of carbonyl (C=O) groups excluding carboxylic acids is 2. The van der Waals surface area contributed by atoms with Crippen LogP contribution < -0.4 is 5.73 Å². The topological polar surface area (TPSA) is 93.3 Å². The fourth-order valence-corrected chi connectivity index (χ4v) is 5.27. The zero-order chi connectivity index (χ0) is 23.6. The lowest BCUT2D eigenvalue weighted by Gasteiger charge is -2.27. The van der Waals surface area contributed by atoms with E-state index in [4.69, 9.17) is 5.73 Å². The lowest BCUT2D eigenvalue weighted by atomic mass is 9.79. The van der Waals surface area contributed by atoms with E-state index in [9.17, 15) is 14.7 Å². The SMILES string of the molecule is C=C(Cc1ccc(-c2scnc2C)cc1)C(=O)[C@@H]1C[C@@H](O)CC1CC(=O)[C@@H](N)C(C)(C)C. The summed E-state index contributed by atoms with van der Waals surface area (Å²) in [4.78, 5) is 31.3. The molecule has 0 amide bonds. The normalized spacial score (nSPS) is 22.0. The molecule has 6 heteroatoms. The van der Waals surface area contributed by atoms with Gasteiger partial charge < -0.3 is 10.8 Å². The Morgan fingerprint density at radius 3 is 2.47 bits per heavy atom. The van der Waals surface area contributed by atoms with Crippen LogP contribution >= 0.6 is 11.3 Å². The monoisotopic (exact) mass is 454 g/mol. The minimum atomic E-state index is -0.583. The fourth-order valence-electron chi connectivity index (χ4n) is 4.46. The predicted octanol–water partition coefficient (Wildman–Crippen LogP) is 4.51. The first kappa shape index (κ1) is 24.5. The summed E-state index contributed by atoms with van der Waals surface area (Å²) in [6, 6.07) is 7.53. The Labute approximate surface area is 194 Å². The maximum atomic E-state index is 13.2. The molecule has 0 saturated heterocycles. The van der Waals surface area contributed by atoms with Crippen molar-refractivity contribution in [2.75, 3.05) is 0 Å². The third-order valence-corrected chi connectivity index (χ3v) is 7.46. The largest absolute Gasteiger partial charge is 0.393 e. The molecule has 3 N–H and O–H groups in total. The molecule has 1 aromatic carbocycles. The minimum Gasteiger partial charge on any atom is -0.393 e. The number of thiazole rings is 1. The zero-order valence-corrected chi connectivity index (χ0v) is 20.2. The molecular formula is C26H34N2O3S. The first-order chi connectivity index (χ1) is 15.0. The number of allylic oxidation sites excluding steroid dienone is 1. The van der Waals surface area contributed by atoms with Crippen molar-refractivity contribution < 1.29 is 14.7 Å². The summed E-state index contributed by atoms with van der Waals surface area (Å²) < 4.78 is 0. The molecule has 2 aromatic rings. The number of carbonyl (C=O) groups is 2. The van der Waals surface area contributed by atoms with Gasteiger partial charge in [-0.05, 0) is 47.8 Å². The van der Waals surface area contributed by atoms with Crippen molar-refractivity contribution in [1.29, 1.82) is 0 Å². The number of aromatic nitrogens is 1. The highest BCUT2D eigenvalue weighted by Crippen LogP contribution is 2.38. The second-order valence-electron chi connectivity index (χ2n) is 10.1. The Morgan fingerprint density at radius 1 is 1.25 bits per heavy atom. The number of aryl methyl sites for hydroxylation is 1. The highest BCUT2D eigenvalue weighted by Gasteiger charge is 2.41. The van der Waals surface area contributed by atoms with E-state index in [0.717, 1.165) is 21.7 Å². The van der Waals surface area contributed by atoms with Crippen LogP contribution in [0, 0.1) is 24.2 Å². The standard InChI is InChI=1S/C26H34N2O3S/c1-15(10-17-6-8-18(9-7-17)24-16(2)28-14-32-24)23(31)21-13-20(29)11-19(21)12-22(30)25(27)26(3,4)5/h6-9,14,19-21,25,29H,1,10-13,27H2,2-5H3/t19?,20-,21+,25+/m0/s1. The summed E-state index contributed by atoms with van der Waals surface area (Å²) in [5, 5.41) is 10.2. The molecule has 1 fully saturated rings. The van der Waals surface area contributed by atoms with E-state index < -0.39 is 12.1 Å². The number of ketones is 2. The summed E-state index contributed by atoms with van der Waals surface area (Å²) in [7, 11) is 0. The number of Topliss-reactive ketones (excluding diaryl/α,β-unsaturated/α-hetero) is 2. The summed E-state index contributed by atoms with van der Waals surface area (Å²) in [5.41, 5.74) is 11.3. The van der Waals surface area contributed by atoms with Gasteiger partial charge in [0.05, 0.1) is 28.2 Å². The number of aliphatic hydroxyl groups excluding tert-OH is 1. The van der Waals surface area contributed by atoms with Crippen molar-refractivity contribution in [2.24, 2.45) is 23.0 Å². The Balaban J connectivity index is 1.65. The van der Waals surface area contributed by atoms with Crippen LogP contribution in [0.25, 0.3) is 10.4 Å². The molecule has 1 aliphatic rings. The average Bonchev–Trinajstić information content (AvgIpc) is 3.31. The first-order valence-corrected chi connectivity index (χ1v) is 12.0. The highest BCUT2D eigenvalue weighted by atomic mass is 32.1. The quantitative estimate of drug-likeness (QED) is 0.573. The molecule has 1 aromatic heterocycles. The molecule has 1 aliphatic carbocycles. The van der Waals surface area contributed by atoms with Crippen LogP contribution in [0.2, 0.25) is 0 Å². The van der Waals surface area contributed by atoms with Crippen molar-refractivity contribution in [1.82, 2.24) is 4.98 Å². The van der Waals surface area contributed by atoms with Crippen molar-refractivity contribution in [3.63, 3.8) is 0 Å². The highest BCUT2D eigenvalue weighted by molar-refractivity contribution is 7.13. The van der Waals surface area contributed by atoms with Gasteiger partial charge in [-0.3, -0.25) is 9.59 Å². The van der Waals surface area contributed by atoms with Gasteiger partial charge in [0.1, 0.15) is 5.78 Å². The van der Waals surface area contributed by atoms with Gasteiger partial charge in [0.25, 0.3) is 0 Å². The number of nitrogens with two attached hydrogens (primary N) is 1. The van der Waals surface area contributed by atoms with Gasteiger partial charge in [-0.25, -0.2) is 4.98 Å². The smallest absolute Gasteiger partial charge is 0.162 e. The summed E-state index contributed by atoms with van der Waals surface area (Å²) in [5.74, 6) is -0.667. The fraction of sp³-hybridized carbons (Fsp3) is 0.500. The molecule has 32 heavy (non-hydrogen) atoms. The number of rotatable bonds is 8. The van der Waals surface area contributed by atoms with Gasteiger partial charge in [0.2, 0.25) is 0 Å². The van der Waals surface area contributed by atoms with E-state index in [1.807, 2.05) is 57.5 Å². The second kappa shape index (κ2) is 9.77. The maximum absolute atomic E-state index is 13.2. The first-order valence-electron chi connectivity index (χ1n) is 11.1. The van der Waals surface area contributed by atoms with E-state index in [1.54, 1.807) is 11.3 Å². The van der Waals surface area contributed by atoms with E-state index in [0.29, 0.717) is 24.8 Å². The summed E-state index contributed by atoms with van der Waals surface area (Å²) >= 11 is 1.61. The molecule has 172 valence electrons. The van der Waals surface area contributed by atoms with E-state index in [1.165, 1.54) is 0 Å². The van der Waals surface area contributed by atoms with Crippen molar-refractivity contribution >= 4 is 22.9 Å². The molecular weight excluding hydrogens is 420 g/mol. The Hall–Kier alpha value is -2.15. The number of aliphatic hydroxyl groups is 1. The molecule has 0 bridgehead atoms. The van der Waals surface area contributed by atoms with Gasteiger partial charge in [0.15, 0.2) is 5.78 Å². The average molecular weight is 455 g/mol. The zero-order valence-electron chi connectivity index (χ0n) is 19.4.